The summed E-state index contributed by atoms with van der Waals surface area (Å²) in [4.78, 5) is 0. The van der Waals surface area contributed by atoms with Crippen molar-refractivity contribution in [2.45, 2.75) is 47.3 Å². The van der Waals surface area contributed by atoms with Crippen molar-refractivity contribution in [1.82, 2.24) is 0 Å². The first-order valence-electron chi connectivity index (χ1n) is 6.36. The molecule has 5 atom stereocenters. The summed E-state index contributed by atoms with van der Waals surface area (Å²) in [6.07, 6.45) is -6.15. The van der Waals surface area contributed by atoms with E-state index in [0.717, 1.165) is 0 Å². The molecule has 1 rings (SSSR count). The second kappa shape index (κ2) is 7.73. The molecule has 0 aliphatic carbocycles. The van der Waals surface area contributed by atoms with Crippen molar-refractivity contribution in [3.63, 3.8) is 0 Å². The third-order valence-corrected chi connectivity index (χ3v) is 5.83. The summed E-state index contributed by atoms with van der Waals surface area (Å²) >= 11 is -3.10. The van der Waals surface area contributed by atoms with Crippen LogP contribution in [0.2, 0.25) is 16.6 Å². The molecule has 0 aromatic heterocycles. The Balaban J connectivity index is 2.45. The third kappa shape index (κ3) is 7.07. The summed E-state index contributed by atoms with van der Waals surface area (Å²) in [7, 11) is -4.67. The van der Waals surface area contributed by atoms with E-state index >= 15 is 0 Å². The van der Waals surface area contributed by atoms with E-state index in [9.17, 15) is 27.5 Å². The molecular weight excluding hydrogens is 387 g/mol. The van der Waals surface area contributed by atoms with Gasteiger partial charge in [-0.15, -0.1) is 0 Å². The fourth-order valence-corrected chi connectivity index (χ4v) is 4.64. The minimum absolute atomic E-state index is 0.116. The molecule has 0 radical (unpaired) electrons. The second-order valence-electron chi connectivity index (χ2n) is 5.48. The van der Waals surface area contributed by atoms with Gasteiger partial charge in [0.2, 0.25) is 0 Å². The molecule has 1 aliphatic heterocycles. The average molecular weight is 408 g/mol. The molecule has 0 unspecified atom stereocenters. The van der Waals surface area contributed by atoms with Crippen LogP contribution in [0.25, 0.3) is 0 Å². The van der Waals surface area contributed by atoms with Gasteiger partial charge in [-0.1, -0.05) is 0 Å². The van der Waals surface area contributed by atoms with E-state index < -0.39 is 67.8 Å². The van der Waals surface area contributed by atoms with Crippen LogP contribution in [-0.4, -0.2) is 85.7 Å². The van der Waals surface area contributed by atoms with Gasteiger partial charge in [-0.3, -0.25) is 0 Å². The molecule has 12 heteroatoms. The first-order chi connectivity index (χ1) is 9.89. The molecule has 0 aromatic carbocycles. The zero-order valence-corrected chi connectivity index (χ0v) is 14.8. The molecule has 1 saturated heterocycles. The quantitative estimate of drug-likeness (QED) is 0.268. The number of ether oxygens (including phenoxy) is 2. The van der Waals surface area contributed by atoms with Gasteiger partial charge in [0.25, 0.3) is 0 Å². The summed E-state index contributed by atoms with van der Waals surface area (Å²) in [6.45, 7) is -1.20. The van der Waals surface area contributed by atoms with Crippen molar-refractivity contribution in [3.8, 4) is 0 Å². The third-order valence-electron chi connectivity index (χ3n) is 2.80. The van der Waals surface area contributed by atoms with Gasteiger partial charge in [0.15, 0.2) is 0 Å². The summed E-state index contributed by atoms with van der Waals surface area (Å²) in [5.74, 6) is 0. The van der Waals surface area contributed by atoms with Gasteiger partial charge in [0, 0.05) is 0 Å². The van der Waals surface area contributed by atoms with Gasteiger partial charge in [-0.25, -0.2) is 0 Å². The zero-order chi connectivity index (χ0) is 17.1. The molecule has 1 heterocycles. The summed E-state index contributed by atoms with van der Waals surface area (Å²) in [5.41, 5.74) is 3.15. The first kappa shape index (κ1) is 20.1. The maximum atomic E-state index is 11.8. The molecule has 0 bridgehead atoms. The van der Waals surface area contributed by atoms with Gasteiger partial charge >= 0.3 is 130 Å². The molecule has 0 saturated carbocycles. The van der Waals surface area contributed by atoms with E-state index in [2.05, 4.69) is 4.18 Å². The van der Waals surface area contributed by atoms with Crippen LogP contribution in [-0.2, 0) is 27.8 Å². The van der Waals surface area contributed by atoms with E-state index in [4.69, 9.17) is 14.0 Å². The molecule has 4 N–H and O–H groups in total. The normalized spacial score (nSPS) is 31.4. The molecular formula is C10H21AsO10S. The van der Waals surface area contributed by atoms with Gasteiger partial charge in [-0.2, -0.15) is 0 Å². The molecule has 132 valence electrons. The second-order valence-corrected chi connectivity index (χ2v) is 13.9. The van der Waals surface area contributed by atoms with E-state index in [0.29, 0.717) is 0 Å². The predicted molar refractivity (Wildman–Crippen MR) is 73.1 cm³/mol. The summed E-state index contributed by atoms with van der Waals surface area (Å²) in [5, 5.41) is 29.1. The van der Waals surface area contributed by atoms with Crippen LogP contribution in [0.1, 0.15) is 0 Å². The fourth-order valence-electron chi connectivity index (χ4n) is 1.85. The van der Waals surface area contributed by atoms with Crippen molar-refractivity contribution in [3.05, 3.63) is 0 Å². The average Bonchev–Trinajstić information content (AvgIpc) is 2.59. The van der Waals surface area contributed by atoms with Crippen LogP contribution in [0.15, 0.2) is 0 Å². The Bertz CT molecular complexity index is 502. The number of aliphatic hydroxyl groups excluding tert-OH is 3. The van der Waals surface area contributed by atoms with Gasteiger partial charge < -0.3 is 0 Å². The minimum atomic E-state index is -4.67. The Morgan fingerprint density at radius 2 is 1.82 bits per heavy atom. The zero-order valence-electron chi connectivity index (χ0n) is 12.1. The number of aliphatic hydroxyl groups is 3. The Kier molecular flexibility index (Phi) is 7.06. The molecule has 1 fully saturated rings. The Morgan fingerprint density at radius 1 is 1.23 bits per heavy atom. The molecule has 10 nitrogen and oxygen atoms in total. The van der Waals surface area contributed by atoms with E-state index in [1.807, 2.05) is 0 Å². The predicted octanol–water partition coefficient (Wildman–Crippen LogP) is -1.73. The van der Waals surface area contributed by atoms with Crippen molar-refractivity contribution < 1.29 is 45.7 Å². The monoisotopic (exact) mass is 408 g/mol. The van der Waals surface area contributed by atoms with Gasteiger partial charge in [-0.05, 0) is 0 Å². The molecule has 0 amide bonds. The Hall–Kier alpha value is 0.0284. The van der Waals surface area contributed by atoms with Crippen LogP contribution >= 0.6 is 0 Å². The van der Waals surface area contributed by atoms with Crippen molar-refractivity contribution in [2.75, 3.05) is 13.2 Å². The molecule has 22 heavy (non-hydrogen) atoms. The van der Waals surface area contributed by atoms with E-state index in [1.165, 1.54) is 0 Å². The van der Waals surface area contributed by atoms with Crippen LogP contribution in [0.4, 0.5) is 0 Å². The molecule has 0 aromatic rings. The topological polar surface area (TPSA) is 160 Å². The SMILES string of the molecule is C[As](C)(=O)C[C@H]1O[C@@H](OC[C@H](O)COS(=O)(=O)O)[C@H](O)[C@@H]1O. The van der Waals surface area contributed by atoms with E-state index in [-0.39, 0.29) is 5.21 Å². The summed E-state index contributed by atoms with van der Waals surface area (Å²) in [6, 6.07) is 0. The molecule has 1 aliphatic rings. The van der Waals surface area contributed by atoms with E-state index in [1.54, 1.807) is 11.4 Å². The van der Waals surface area contributed by atoms with Crippen LogP contribution in [0, 0.1) is 0 Å². The van der Waals surface area contributed by atoms with Gasteiger partial charge in [0.05, 0.1) is 0 Å². The molecule has 0 spiro atoms. The Labute approximate surface area is 130 Å². The maximum absolute atomic E-state index is 11.8. The number of hydrogen-bond acceptors (Lipinski definition) is 9. The van der Waals surface area contributed by atoms with Crippen LogP contribution < -0.4 is 0 Å². The van der Waals surface area contributed by atoms with Crippen molar-refractivity contribution in [2.24, 2.45) is 0 Å². The van der Waals surface area contributed by atoms with Crippen molar-refractivity contribution >= 4 is 23.9 Å². The summed E-state index contributed by atoms with van der Waals surface area (Å²) < 4.78 is 55.0. The number of hydrogen-bond donors (Lipinski definition) is 4. The standard InChI is InChI=1S/C10H21AsO10S/c1-11(2,15)3-7-8(13)9(14)10(21-7)19-4-6(12)5-20-22(16,17)18/h6-10,12-14H,3-5H2,1-2H3,(H,16,17,18)/t6-,7+,8+,9+,10+/m0/s1. The number of rotatable bonds is 8. The Morgan fingerprint density at radius 3 is 2.32 bits per heavy atom. The van der Waals surface area contributed by atoms with Crippen LogP contribution in [0.5, 0.6) is 0 Å². The van der Waals surface area contributed by atoms with Crippen molar-refractivity contribution in [1.29, 1.82) is 0 Å². The fraction of sp³-hybridized carbons (Fsp3) is 1.00. The first-order valence-corrected chi connectivity index (χ1v) is 13.6. The van der Waals surface area contributed by atoms with Crippen LogP contribution in [0.3, 0.4) is 0 Å². The van der Waals surface area contributed by atoms with Gasteiger partial charge in [0.1, 0.15) is 0 Å².